The van der Waals surface area contributed by atoms with Crippen LogP contribution in [-0.4, -0.2) is 10.8 Å². The van der Waals surface area contributed by atoms with Crippen LogP contribution in [0, 0.1) is 6.92 Å². The van der Waals surface area contributed by atoms with E-state index in [1.54, 1.807) is 12.1 Å². The largest absolute Gasteiger partial charge is 0.416 e. The Morgan fingerprint density at radius 3 is 2.47 bits per heavy atom. The number of benzene rings is 1. The van der Waals surface area contributed by atoms with Gasteiger partial charge in [-0.3, -0.25) is 9.78 Å². The van der Waals surface area contributed by atoms with Crippen molar-refractivity contribution < 1.29 is 18.0 Å². The molecule has 0 unspecified atom stereocenters. The SMILES string of the molecule is Cc1cc(C(F)(F)F)ccc1C(=O)c1cccnc1. The zero-order valence-electron chi connectivity index (χ0n) is 10.0. The zero-order chi connectivity index (χ0) is 14.0. The third-order valence-corrected chi connectivity index (χ3v) is 2.72. The van der Waals surface area contributed by atoms with Crippen molar-refractivity contribution in [2.75, 3.05) is 0 Å². The van der Waals surface area contributed by atoms with Crippen molar-refractivity contribution in [3.05, 3.63) is 65.0 Å². The molecule has 0 atom stereocenters. The monoisotopic (exact) mass is 265 g/mol. The van der Waals surface area contributed by atoms with E-state index in [0.717, 1.165) is 12.1 Å². The summed E-state index contributed by atoms with van der Waals surface area (Å²) in [7, 11) is 0. The number of pyridine rings is 1. The Hall–Kier alpha value is -2.17. The number of halogens is 3. The standard InChI is InChI=1S/C14H10F3NO/c1-9-7-11(14(15,16)17)4-5-12(9)13(19)10-3-2-6-18-8-10/h2-8H,1H3. The van der Waals surface area contributed by atoms with Gasteiger partial charge in [-0.2, -0.15) is 13.2 Å². The molecule has 0 amide bonds. The molecule has 0 N–H and O–H groups in total. The molecule has 1 heterocycles. The molecule has 1 aromatic heterocycles. The first-order chi connectivity index (χ1) is 8.89. The van der Waals surface area contributed by atoms with Gasteiger partial charge in [0.25, 0.3) is 0 Å². The van der Waals surface area contributed by atoms with Crippen LogP contribution in [0.25, 0.3) is 0 Å². The number of carbonyl (C=O) groups is 1. The van der Waals surface area contributed by atoms with Gasteiger partial charge in [-0.25, -0.2) is 0 Å². The maximum absolute atomic E-state index is 12.5. The lowest BCUT2D eigenvalue weighted by Gasteiger charge is -2.10. The third-order valence-electron chi connectivity index (χ3n) is 2.72. The number of carbonyl (C=O) groups excluding carboxylic acids is 1. The number of hydrogen-bond donors (Lipinski definition) is 0. The van der Waals surface area contributed by atoms with E-state index >= 15 is 0 Å². The van der Waals surface area contributed by atoms with Crippen LogP contribution in [0.4, 0.5) is 13.2 Å². The summed E-state index contributed by atoms with van der Waals surface area (Å²) in [5.41, 5.74) is 0.141. The Morgan fingerprint density at radius 1 is 1.21 bits per heavy atom. The first kappa shape index (κ1) is 13.3. The number of hydrogen-bond acceptors (Lipinski definition) is 2. The van der Waals surface area contributed by atoms with Crippen LogP contribution in [0.2, 0.25) is 0 Å². The molecule has 2 rings (SSSR count). The zero-order valence-corrected chi connectivity index (χ0v) is 10.0. The molecule has 2 aromatic rings. The van der Waals surface area contributed by atoms with Crippen molar-refractivity contribution in [3.63, 3.8) is 0 Å². The van der Waals surface area contributed by atoms with Crippen LogP contribution in [0.5, 0.6) is 0 Å². The minimum absolute atomic E-state index is 0.251. The van der Waals surface area contributed by atoms with Crippen molar-refractivity contribution in [2.45, 2.75) is 13.1 Å². The van der Waals surface area contributed by atoms with E-state index in [2.05, 4.69) is 4.98 Å². The molecule has 1 aromatic carbocycles. The number of aryl methyl sites for hydroxylation is 1. The number of rotatable bonds is 2. The smallest absolute Gasteiger partial charge is 0.289 e. The summed E-state index contributed by atoms with van der Waals surface area (Å²) < 4.78 is 37.6. The first-order valence-electron chi connectivity index (χ1n) is 5.52. The van der Waals surface area contributed by atoms with Gasteiger partial charge in [-0.15, -0.1) is 0 Å². The third kappa shape index (κ3) is 2.81. The summed E-state index contributed by atoms with van der Waals surface area (Å²) in [4.78, 5) is 15.9. The molecule has 98 valence electrons. The topological polar surface area (TPSA) is 30.0 Å². The van der Waals surface area contributed by atoms with Gasteiger partial charge in [0, 0.05) is 23.5 Å². The number of alkyl halides is 3. The quantitative estimate of drug-likeness (QED) is 0.776. The molecule has 0 aliphatic carbocycles. The highest BCUT2D eigenvalue weighted by molar-refractivity contribution is 6.09. The van der Waals surface area contributed by atoms with Gasteiger partial charge in [-0.05, 0) is 36.8 Å². The molecule has 0 saturated heterocycles. The van der Waals surface area contributed by atoms with Crippen LogP contribution in [-0.2, 0) is 6.18 Å². The lowest BCUT2D eigenvalue weighted by molar-refractivity contribution is -0.137. The molecule has 0 bridgehead atoms. The number of aromatic nitrogens is 1. The van der Waals surface area contributed by atoms with Crippen molar-refractivity contribution in [2.24, 2.45) is 0 Å². The molecule has 0 spiro atoms. The van der Waals surface area contributed by atoms with E-state index in [1.165, 1.54) is 25.4 Å². The fourth-order valence-electron chi connectivity index (χ4n) is 1.75. The second kappa shape index (κ2) is 4.84. The minimum atomic E-state index is -4.40. The predicted octanol–water partition coefficient (Wildman–Crippen LogP) is 3.64. The molecule has 19 heavy (non-hydrogen) atoms. The number of ketones is 1. The molecule has 2 nitrogen and oxygen atoms in total. The van der Waals surface area contributed by atoms with Crippen LogP contribution in [0.3, 0.4) is 0 Å². The fraction of sp³-hybridized carbons (Fsp3) is 0.143. The molecular weight excluding hydrogens is 255 g/mol. The van der Waals surface area contributed by atoms with Crippen molar-refractivity contribution in [1.82, 2.24) is 4.98 Å². The van der Waals surface area contributed by atoms with Crippen LogP contribution in [0.1, 0.15) is 27.0 Å². The highest BCUT2D eigenvalue weighted by atomic mass is 19.4. The summed E-state index contributed by atoms with van der Waals surface area (Å²) in [5.74, 6) is -0.334. The van der Waals surface area contributed by atoms with Gasteiger partial charge in [0.05, 0.1) is 5.56 Å². The van der Waals surface area contributed by atoms with Crippen molar-refractivity contribution in [3.8, 4) is 0 Å². The normalized spacial score (nSPS) is 11.4. The van der Waals surface area contributed by atoms with E-state index in [0.29, 0.717) is 11.1 Å². The molecule has 0 fully saturated rings. The molecule has 0 aliphatic rings. The van der Waals surface area contributed by atoms with Crippen LogP contribution < -0.4 is 0 Å². The van der Waals surface area contributed by atoms with Gasteiger partial charge in [0.15, 0.2) is 5.78 Å². The summed E-state index contributed by atoms with van der Waals surface area (Å²) >= 11 is 0. The highest BCUT2D eigenvalue weighted by Crippen LogP contribution is 2.30. The highest BCUT2D eigenvalue weighted by Gasteiger charge is 2.31. The van der Waals surface area contributed by atoms with Gasteiger partial charge >= 0.3 is 6.18 Å². The molecule has 0 radical (unpaired) electrons. The lowest BCUT2D eigenvalue weighted by atomic mass is 9.98. The van der Waals surface area contributed by atoms with Gasteiger partial charge in [-0.1, -0.05) is 6.07 Å². The minimum Gasteiger partial charge on any atom is -0.289 e. The maximum Gasteiger partial charge on any atom is 0.416 e. The fourth-order valence-corrected chi connectivity index (χ4v) is 1.75. The van der Waals surface area contributed by atoms with E-state index in [1.807, 2.05) is 0 Å². The second-order valence-corrected chi connectivity index (χ2v) is 4.10. The summed E-state index contributed by atoms with van der Waals surface area (Å²) in [5, 5.41) is 0. The van der Waals surface area contributed by atoms with E-state index < -0.39 is 11.7 Å². The van der Waals surface area contributed by atoms with Gasteiger partial charge in [0.1, 0.15) is 0 Å². The first-order valence-corrected chi connectivity index (χ1v) is 5.52. The van der Waals surface area contributed by atoms with Crippen molar-refractivity contribution in [1.29, 1.82) is 0 Å². The van der Waals surface area contributed by atoms with Gasteiger partial charge < -0.3 is 0 Å². The molecular formula is C14H10F3NO. The Labute approximate surface area is 107 Å². The van der Waals surface area contributed by atoms with Crippen LogP contribution >= 0.6 is 0 Å². The Kier molecular flexibility index (Phi) is 3.38. The van der Waals surface area contributed by atoms with Crippen LogP contribution in [0.15, 0.2) is 42.7 Å². The summed E-state index contributed by atoms with van der Waals surface area (Å²) in [6.45, 7) is 1.48. The second-order valence-electron chi connectivity index (χ2n) is 4.10. The molecule has 0 saturated carbocycles. The van der Waals surface area contributed by atoms with Crippen molar-refractivity contribution >= 4 is 5.78 Å². The van der Waals surface area contributed by atoms with E-state index in [9.17, 15) is 18.0 Å². The lowest BCUT2D eigenvalue weighted by Crippen LogP contribution is -2.09. The number of nitrogens with zero attached hydrogens (tertiary/aromatic N) is 1. The average Bonchev–Trinajstić information content (AvgIpc) is 2.38. The average molecular weight is 265 g/mol. The maximum atomic E-state index is 12.5. The summed E-state index contributed by atoms with van der Waals surface area (Å²) in [6.07, 6.45) is -1.49. The Morgan fingerprint density at radius 2 is 1.95 bits per heavy atom. The Bertz CT molecular complexity index is 606. The predicted molar refractivity (Wildman–Crippen MR) is 63.9 cm³/mol. The molecule has 0 aliphatic heterocycles. The van der Waals surface area contributed by atoms with Gasteiger partial charge in [0.2, 0.25) is 0 Å². The summed E-state index contributed by atoms with van der Waals surface area (Å²) in [6, 6.07) is 6.27. The Balaban J connectivity index is 2.40. The molecule has 5 heteroatoms. The van der Waals surface area contributed by atoms with E-state index in [4.69, 9.17) is 0 Å². The van der Waals surface area contributed by atoms with E-state index in [-0.39, 0.29) is 11.3 Å².